The van der Waals surface area contributed by atoms with Crippen LogP contribution in [0, 0.1) is 17.8 Å². The summed E-state index contributed by atoms with van der Waals surface area (Å²) >= 11 is 0. The second-order valence-electron chi connectivity index (χ2n) is 4.90. The van der Waals surface area contributed by atoms with Gasteiger partial charge in [-0.25, -0.2) is 13.1 Å². The lowest BCUT2D eigenvalue weighted by Crippen LogP contribution is -2.26. The van der Waals surface area contributed by atoms with Crippen LogP contribution in [0.15, 0.2) is 29.2 Å². The van der Waals surface area contributed by atoms with E-state index < -0.39 is 10.0 Å². The van der Waals surface area contributed by atoms with E-state index in [1.807, 2.05) is 0 Å². The van der Waals surface area contributed by atoms with Gasteiger partial charge in [0.15, 0.2) is 0 Å². The standard InChI is InChI=1S/C15H19NO4S/c17-9-2-4-13-3-1-5-15(11-13)21(18,19)16-8-6-14-7-10-20-12-14/h1,3,5,11,14,16-17H,6-10,12H2. The quantitative estimate of drug-likeness (QED) is 0.787. The topological polar surface area (TPSA) is 75.6 Å². The molecule has 0 aromatic heterocycles. The molecule has 1 unspecified atom stereocenters. The Bertz CT molecular complexity index is 625. The van der Waals surface area contributed by atoms with Crippen molar-refractivity contribution in [2.45, 2.75) is 17.7 Å². The summed E-state index contributed by atoms with van der Waals surface area (Å²) in [5.41, 5.74) is 0.566. The van der Waals surface area contributed by atoms with Gasteiger partial charge in [-0.3, -0.25) is 0 Å². The van der Waals surface area contributed by atoms with Crippen LogP contribution in [-0.4, -0.2) is 39.9 Å². The van der Waals surface area contributed by atoms with Crippen molar-refractivity contribution in [3.8, 4) is 11.8 Å². The second-order valence-corrected chi connectivity index (χ2v) is 6.67. The molecule has 0 saturated carbocycles. The zero-order valence-corrected chi connectivity index (χ0v) is 12.5. The van der Waals surface area contributed by atoms with Gasteiger partial charge in [-0.2, -0.15) is 0 Å². The molecule has 2 rings (SSSR count). The van der Waals surface area contributed by atoms with Gasteiger partial charge in [0.25, 0.3) is 0 Å². The Kier molecular flexibility index (Phi) is 5.76. The molecule has 1 heterocycles. The Morgan fingerprint density at radius 2 is 2.29 bits per heavy atom. The van der Waals surface area contributed by atoms with Gasteiger partial charge >= 0.3 is 0 Å². The van der Waals surface area contributed by atoms with Crippen LogP contribution < -0.4 is 4.72 Å². The summed E-state index contributed by atoms with van der Waals surface area (Å²) in [5, 5.41) is 8.66. The number of rotatable bonds is 5. The van der Waals surface area contributed by atoms with Crippen LogP contribution in [0.25, 0.3) is 0 Å². The van der Waals surface area contributed by atoms with E-state index in [1.54, 1.807) is 12.1 Å². The number of aliphatic hydroxyl groups excluding tert-OH is 1. The summed E-state index contributed by atoms with van der Waals surface area (Å²) in [7, 11) is -3.52. The largest absolute Gasteiger partial charge is 0.384 e. The highest BCUT2D eigenvalue weighted by Crippen LogP contribution is 2.16. The first-order chi connectivity index (χ1) is 10.1. The molecule has 1 fully saturated rings. The summed E-state index contributed by atoms with van der Waals surface area (Å²) in [6.07, 6.45) is 1.78. The van der Waals surface area contributed by atoms with E-state index in [0.717, 1.165) is 19.4 Å². The molecule has 1 aliphatic rings. The fourth-order valence-electron chi connectivity index (χ4n) is 2.17. The van der Waals surface area contributed by atoms with Crippen LogP contribution in [0.2, 0.25) is 0 Å². The third-order valence-corrected chi connectivity index (χ3v) is 4.78. The van der Waals surface area contributed by atoms with Crippen molar-refractivity contribution in [2.24, 2.45) is 5.92 Å². The van der Waals surface area contributed by atoms with Crippen molar-refractivity contribution >= 4 is 10.0 Å². The predicted molar refractivity (Wildman–Crippen MR) is 79.1 cm³/mol. The first-order valence-electron chi connectivity index (χ1n) is 6.89. The molecule has 5 nitrogen and oxygen atoms in total. The summed E-state index contributed by atoms with van der Waals surface area (Å²) in [6, 6.07) is 6.38. The molecular formula is C15H19NO4S. The predicted octanol–water partition coefficient (Wildman–Crippen LogP) is 0.735. The van der Waals surface area contributed by atoms with E-state index >= 15 is 0 Å². The van der Waals surface area contributed by atoms with E-state index in [-0.39, 0.29) is 11.5 Å². The minimum atomic E-state index is -3.52. The summed E-state index contributed by atoms with van der Waals surface area (Å²) in [4.78, 5) is 0.190. The fraction of sp³-hybridized carbons (Fsp3) is 0.467. The smallest absolute Gasteiger partial charge is 0.240 e. The van der Waals surface area contributed by atoms with Gasteiger partial charge in [0.2, 0.25) is 10.0 Å². The normalized spacial score (nSPS) is 18.2. The number of hydrogen-bond donors (Lipinski definition) is 2. The van der Waals surface area contributed by atoms with Gasteiger partial charge in [0, 0.05) is 25.3 Å². The maximum absolute atomic E-state index is 12.2. The Morgan fingerprint density at radius 3 is 3.00 bits per heavy atom. The lowest BCUT2D eigenvalue weighted by atomic mass is 10.1. The average Bonchev–Trinajstić information content (AvgIpc) is 2.98. The molecule has 21 heavy (non-hydrogen) atoms. The van der Waals surface area contributed by atoms with Crippen LogP contribution in [0.3, 0.4) is 0 Å². The Morgan fingerprint density at radius 1 is 1.43 bits per heavy atom. The fourth-order valence-corrected chi connectivity index (χ4v) is 3.27. The van der Waals surface area contributed by atoms with Crippen molar-refractivity contribution in [1.29, 1.82) is 0 Å². The van der Waals surface area contributed by atoms with E-state index in [9.17, 15) is 8.42 Å². The molecule has 1 atom stereocenters. The molecule has 0 aliphatic carbocycles. The molecule has 1 saturated heterocycles. The van der Waals surface area contributed by atoms with E-state index in [1.165, 1.54) is 12.1 Å². The van der Waals surface area contributed by atoms with Crippen LogP contribution in [0.5, 0.6) is 0 Å². The molecule has 0 bridgehead atoms. The maximum atomic E-state index is 12.2. The van der Waals surface area contributed by atoms with Gasteiger partial charge in [-0.05, 0) is 37.0 Å². The number of aliphatic hydroxyl groups is 1. The van der Waals surface area contributed by atoms with Crippen molar-refractivity contribution < 1.29 is 18.3 Å². The number of benzene rings is 1. The van der Waals surface area contributed by atoms with Gasteiger partial charge < -0.3 is 9.84 Å². The first kappa shape index (κ1) is 16.0. The van der Waals surface area contributed by atoms with E-state index in [2.05, 4.69) is 16.6 Å². The number of nitrogens with one attached hydrogen (secondary N) is 1. The highest BCUT2D eigenvalue weighted by molar-refractivity contribution is 7.89. The molecule has 6 heteroatoms. The molecule has 0 spiro atoms. The van der Waals surface area contributed by atoms with Gasteiger partial charge in [-0.1, -0.05) is 17.9 Å². The Labute approximate surface area is 125 Å². The number of hydrogen-bond acceptors (Lipinski definition) is 4. The monoisotopic (exact) mass is 309 g/mol. The van der Waals surface area contributed by atoms with Crippen LogP contribution in [0.4, 0.5) is 0 Å². The minimum absolute atomic E-state index is 0.190. The minimum Gasteiger partial charge on any atom is -0.384 e. The molecule has 1 aromatic carbocycles. The molecule has 1 aromatic rings. The second kappa shape index (κ2) is 7.57. The zero-order valence-electron chi connectivity index (χ0n) is 11.7. The average molecular weight is 309 g/mol. The summed E-state index contributed by atoms with van der Waals surface area (Å²) in [6.45, 7) is 1.64. The van der Waals surface area contributed by atoms with Crippen molar-refractivity contribution in [1.82, 2.24) is 4.72 Å². The van der Waals surface area contributed by atoms with Crippen molar-refractivity contribution in [3.63, 3.8) is 0 Å². The van der Waals surface area contributed by atoms with Crippen LogP contribution in [0.1, 0.15) is 18.4 Å². The molecular weight excluding hydrogens is 290 g/mol. The van der Waals surface area contributed by atoms with Crippen molar-refractivity contribution in [2.75, 3.05) is 26.4 Å². The Hall–Kier alpha value is -1.39. The first-order valence-corrected chi connectivity index (χ1v) is 8.37. The highest BCUT2D eigenvalue weighted by Gasteiger charge is 2.18. The van der Waals surface area contributed by atoms with Crippen molar-refractivity contribution in [3.05, 3.63) is 29.8 Å². The zero-order chi connectivity index (χ0) is 15.1. The van der Waals surface area contributed by atoms with Gasteiger partial charge in [-0.15, -0.1) is 0 Å². The Balaban J connectivity index is 1.97. The highest BCUT2D eigenvalue weighted by atomic mass is 32.2. The van der Waals surface area contributed by atoms with Crippen LogP contribution >= 0.6 is 0 Å². The molecule has 114 valence electrons. The summed E-state index contributed by atoms with van der Waals surface area (Å²) in [5.74, 6) is 5.64. The van der Waals surface area contributed by atoms with Gasteiger partial charge in [0.1, 0.15) is 6.61 Å². The van der Waals surface area contributed by atoms with Gasteiger partial charge in [0.05, 0.1) is 4.90 Å². The number of sulfonamides is 1. The van der Waals surface area contributed by atoms with E-state index in [4.69, 9.17) is 9.84 Å². The molecule has 1 aliphatic heterocycles. The number of ether oxygens (including phenoxy) is 1. The van der Waals surface area contributed by atoms with Crippen LogP contribution in [-0.2, 0) is 14.8 Å². The SMILES string of the molecule is O=S(=O)(NCCC1CCOC1)c1cccc(C#CCO)c1. The molecule has 2 N–H and O–H groups in total. The lowest BCUT2D eigenvalue weighted by Gasteiger charge is -2.09. The van der Waals surface area contributed by atoms with E-state index in [0.29, 0.717) is 24.6 Å². The summed E-state index contributed by atoms with van der Waals surface area (Å²) < 4.78 is 32.3. The lowest BCUT2D eigenvalue weighted by molar-refractivity contribution is 0.184. The molecule has 0 amide bonds. The third kappa shape index (κ3) is 4.83. The third-order valence-electron chi connectivity index (χ3n) is 3.32. The maximum Gasteiger partial charge on any atom is 0.240 e. The molecule has 0 radical (unpaired) electrons.